The molecule has 0 unspecified atom stereocenters. The molecule has 2 aromatic carbocycles. The van der Waals surface area contributed by atoms with E-state index in [1.165, 1.54) is 18.2 Å². The summed E-state index contributed by atoms with van der Waals surface area (Å²) in [6.07, 6.45) is 0. The second-order valence-corrected chi connectivity index (χ2v) is 5.26. The highest BCUT2D eigenvalue weighted by molar-refractivity contribution is 7.80. The van der Waals surface area contributed by atoms with E-state index in [1.807, 2.05) is 0 Å². The Kier molecular flexibility index (Phi) is 4.95. The maximum Gasteiger partial charge on any atom is 0.271 e. The van der Waals surface area contributed by atoms with Crippen molar-refractivity contribution < 1.29 is 4.92 Å². The summed E-state index contributed by atoms with van der Waals surface area (Å²) >= 11 is 17.0. The molecule has 0 aliphatic rings. The molecule has 108 valence electrons. The summed E-state index contributed by atoms with van der Waals surface area (Å²) in [6.45, 7) is 0. The van der Waals surface area contributed by atoms with E-state index in [-0.39, 0.29) is 10.8 Å². The number of non-ortho nitro benzene ring substituents is 1. The van der Waals surface area contributed by atoms with Gasteiger partial charge in [0.05, 0.1) is 15.6 Å². The van der Waals surface area contributed by atoms with E-state index in [9.17, 15) is 10.1 Å². The molecule has 0 aliphatic heterocycles. The fourth-order valence-corrected chi connectivity index (χ4v) is 2.16. The summed E-state index contributed by atoms with van der Waals surface area (Å²) in [6, 6.07) is 11.1. The van der Waals surface area contributed by atoms with Crippen molar-refractivity contribution in [3.05, 3.63) is 62.6 Å². The molecule has 0 saturated heterocycles. The minimum atomic E-state index is -0.505. The Labute approximate surface area is 136 Å². The molecule has 0 amide bonds. The second kappa shape index (κ2) is 6.71. The van der Waals surface area contributed by atoms with Crippen LogP contribution in [0.3, 0.4) is 0 Å². The van der Waals surface area contributed by atoms with E-state index in [2.05, 4.69) is 10.6 Å². The van der Waals surface area contributed by atoms with Crippen molar-refractivity contribution in [2.75, 3.05) is 10.6 Å². The molecule has 5 nitrogen and oxygen atoms in total. The number of rotatable bonds is 3. The van der Waals surface area contributed by atoms with Gasteiger partial charge in [-0.1, -0.05) is 29.3 Å². The summed E-state index contributed by atoms with van der Waals surface area (Å²) in [7, 11) is 0. The Bertz CT molecular complexity index is 710. The van der Waals surface area contributed by atoms with Crippen LogP contribution in [0.1, 0.15) is 0 Å². The highest BCUT2D eigenvalue weighted by Crippen LogP contribution is 2.27. The van der Waals surface area contributed by atoms with Crippen LogP contribution in [0, 0.1) is 10.1 Å². The van der Waals surface area contributed by atoms with Gasteiger partial charge in [0.15, 0.2) is 5.11 Å². The van der Waals surface area contributed by atoms with Gasteiger partial charge in [0.2, 0.25) is 0 Å². The Morgan fingerprint density at radius 3 is 2.57 bits per heavy atom. The first-order chi connectivity index (χ1) is 9.95. The van der Waals surface area contributed by atoms with Gasteiger partial charge in [0.25, 0.3) is 5.69 Å². The molecular formula is C13H9Cl2N3O2S. The van der Waals surface area contributed by atoms with Gasteiger partial charge >= 0.3 is 0 Å². The molecule has 0 heterocycles. The normalized spacial score (nSPS) is 10.0. The van der Waals surface area contributed by atoms with Crippen LogP contribution in [0.25, 0.3) is 0 Å². The van der Waals surface area contributed by atoms with E-state index in [4.69, 9.17) is 35.4 Å². The van der Waals surface area contributed by atoms with Crippen molar-refractivity contribution in [3.63, 3.8) is 0 Å². The maximum atomic E-state index is 10.8. The lowest BCUT2D eigenvalue weighted by Crippen LogP contribution is -2.19. The quantitative estimate of drug-likeness (QED) is 0.480. The third-order valence-corrected chi connectivity index (χ3v) is 3.26. The molecular weight excluding hydrogens is 333 g/mol. The van der Waals surface area contributed by atoms with Crippen molar-refractivity contribution in [3.8, 4) is 0 Å². The van der Waals surface area contributed by atoms with Crippen molar-refractivity contribution >= 4 is 57.6 Å². The fourth-order valence-electron chi connectivity index (χ4n) is 1.57. The Morgan fingerprint density at radius 2 is 1.90 bits per heavy atom. The molecule has 0 spiro atoms. The zero-order chi connectivity index (χ0) is 15.4. The smallest absolute Gasteiger partial charge is 0.271 e. The molecule has 0 radical (unpaired) electrons. The lowest BCUT2D eigenvalue weighted by atomic mass is 10.3. The third kappa shape index (κ3) is 4.29. The molecule has 0 saturated carbocycles. The van der Waals surface area contributed by atoms with Crippen LogP contribution in [0.4, 0.5) is 17.1 Å². The maximum absolute atomic E-state index is 10.8. The van der Waals surface area contributed by atoms with Gasteiger partial charge in [-0.25, -0.2) is 0 Å². The predicted molar refractivity (Wildman–Crippen MR) is 89.4 cm³/mol. The average molecular weight is 342 g/mol. The Morgan fingerprint density at radius 1 is 1.14 bits per heavy atom. The van der Waals surface area contributed by atoms with Gasteiger partial charge < -0.3 is 10.6 Å². The van der Waals surface area contributed by atoms with E-state index < -0.39 is 4.92 Å². The van der Waals surface area contributed by atoms with Crippen molar-refractivity contribution in [2.45, 2.75) is 0 Å². The zero-order valence-corrected chi connectivity index (χ0v) is 12.8. The summed E-state index contributed by atoms with van der Waals surface area (Å²) in [5.41, 5.74) is 0.972. The molecule has 0 bridgehead atoms. The summed E-state index contributed by atoms with van der Waals surface area (Å²) in [4.78, 5) is 10.2. The van der Waals surface area contributed by atoms with Crippen LogP contribution >= 0.6 is 35.4 Å². The van der Waals surface area contributed by atoms with E-state index in [1.54, 1.807) is 24.3 Å². The minimum Gasteiger partial charge on any atom is -0.332 e. The highest BCUT2D eigenvalue weighted by atomic mass is 35.5. The van der Waals surface area contributed by atoms with Gasteiger partial charge in [-0.15, -0.1) is 0 Å². The van der Waals surface area contributed by atoms with Gasteiger partial charge in [-0.05, 0) is 36.5 Å². The van der Waals surface area contributed by atoms with Crippen molar-refractivity contribution in [1.82, 2.24) is 0 Å². The van der Waals surface area contributed by atoms with E-state index >= 15 is 0 Å². The number of nitro groups is 1. The van der Waals surface area contributed by atoms with E-state index in [0.717, 1.165) is 0 Å². The summed E-state index contributed by atoms with van der Waals surface area (Å²) in [5, 5.41) is 17.6. The first kappa shape index (κ1) is 15.5. The lowest BCUT2D eigenvalue weighted by Gasteiger charge is -2.11. The minimum absolute atomic E-state index is 0.0764. The van der Waals surface area contributed by atoms with Gasteiger partial charge in [-0.3, -0.25) is 10.1 Å². The molecule has 8 heteroatoms. The number of thiocarbonyl (C=S) groups is 1. The molecule has 0 atom stereocenters. The first-order valence-corrected chi connectivity index (χ1v) is 6.89. The number of anilines is 2. The molecule has 0 fully saturated rings. The van der Waals surface area contributed by atoms with Gasteiger partial charge in [-0.2, -0.15) is 0 Å². The van der Waals surface area contributed by atoms with Gasteiger partial charge in [0, 0.05) is 22.8 Å². The summed E-state index contributed by atoms with van der Waals surface area (Å²) in [5.74, 6) is 0. The Balaban J connectivity index is 2.12. The number of hydrogen-bond acceptors (Lipinski definition) is 3. The van der Waals surface area contributed by atoms with Crippen molar-refractivity contribution in [1.29, 1.82) is 0 Å². The number of benzene rings is 2. The number of nitrogens with zero attached hydrogens (tertiary/aromatic N) is 1. The molecule has 2 N–H and O–H groups in total. The SMILES string of the molecule is O=[N+]([O-])c1ccc(Cl)c(NC(=S)Nc2cccc(Cl)c2)c1. The predicted octanol–water partition coefficient (Wildman–Crippen LogP) is 4.71. The second-order valence-electron chi connectivity index (χ2n) is 4.01. The number of hydrogen-bond donors (Lipinski definition) is 2. The number of halogens is 2. The highest BCUT2D eigenvalue weighted by Gasteiger charge is 2.10. The topological polar surface area (TPSA) is 67.2 Å². The fraction of sp³-hybridized carbons (Fsp3) is 0. The Hall–Kier alpha value is -1.89. The molecule has 0 aliphatic carbocycles. The van der Waals surface area contributed by atoms with Crippen LogP contribution in [0.15, 0.2) is 42.5 Å². The van der Waals surface area contributed by atoms with E-state index in [0.29, 0.717) is 21.4 Å². The average Bonchev–Trinajstić information content (AvgIpc) is 2.41. The van der Waals surface area contributed by atoms with Crippen LogP contribution < -0.4 is 10.6 Å². The molecule has 2 aromatic rings. The monoisotopic (exact) mass is 341 g/mol. The number of nitro benzene ring substituents is 1. The molecule has 0 aromatic heterocycles. The van der Waals surface area contributed by atoms with Crippen molar-refractivity contribution in [2.24, 2.45) is 0 Å². The van der Waals surface area contributed by atoms with Crippen LogP contribution in [0.5, 0.6) is 0 Å². The molecule has 21 heavy (non-hydrogen) atoms. The van der Waals surface area contributed by atoms with Crippen LogP contribution in [-0.4, -0.2) is 10.0 Å². The standard InChI is InChI=1S/C13H9Cl2N3O2S/c14-8-2-1-3-9(6-8)16-13(21)17-12-7-10(18(19)20)4-5-11(12)15/h1-7H,(H2,16,17,21). The van der Waals surface area contributed by atoms with Gasteiger partial charge in [0.1, 0.15) is 0 Å². The largest absolute Gasteiger partial charge is 0.332 e. The van der Waals surface area contributed by atoms with Crippen LogP contribution in [-0.2, 0) is 0 Å². The number of nitrogens with one attached hydrogen (secondary N) is 2. The molecule has 2 rings (SSSR count). The van der Waals surface area contributed by atoms with Crippen LogP contribution in [0.2, 0.25) is 10.0 Å². The third-order valence-electron chi connectivity index (χ3n) is 2.49. The lowest BCUT2D eigenvalue weighted by molar-refractivity contribution is -0.384. The first-order valence-electron chi connectivity index (χ1n) is 5.73. The zero-order valence-electron chi connectivity index (χ0n) is 10.5. The summed E-state index contributed by atoms with van der Waals surface area (Å²) < 4.78 is 0.